The van der Waals surface area contributed by atoms with Gasteiger partial charge in [-0.2, -0.15) is 0 Å². The van der Waals surface area contributed by atoms with Gasteiger partial charge in [0, 0.05) is 23.1 Å². The normalized spacial score (nSPS) is 20.0. The van der Waals surface area contributed by atoms with Gasteiger partial charge in [0.25, 0.3) is 0 Å². The molecule has 1 aliphatic heterocycles. The number of hydrogen-bond donors (Lipinski definition) is 0. The molecule has 2 nitrogen and oxygen atoms in total. The van der Waals surface area contributed by atoms with Crippen LogP contribution in [0.25, 0.3) is 0 Å². The molecule has 1 unspecified atom stereocenters. The first-order chi connectivity index (χ1) is 6.81. The lowest BCUT2D eigenvalue weighted by Gasteiger charge is -2.25. The van der Waals surface area contributed by atoms with Gasteiger partial charge in [-0.1, -0.05) is 15.9 Å². The molecule has 0 bridgehead atoms. The summed E-state index contributed by atoms with van der Waals surface area (Å²) in [5.74, 6) is 1.47. The first-order valence-electron chi connectivity index (χ1n) is 4.72. The Balaban J connectivity index is 2.32. The van der Waals surface area contributed by atoms with Crippen LogP contribution in [0.3, 0.4) is 0 Å². The van der Waals surface area contributed by atoms with E-state index in [1.165, 1.54) is 5.56 Å². The highest BCUT2D eigenvalue weighted by atomic mass is 79.9. The molecule has 0 saturated heterocycles. The SMILES string of the molecule is COCC1CCOc2ccc(Br)cc21. The summed E-state index contributed by atoms with van der Waals surface area (Å²) in [6.45, 7) is 1.56. The van der Waals surface area contributed by atoms with Crippen molar-refractivity contribution in [2.24, 2.45) is 0 Å². The van der Waals surface area contributed by atoms with Crippen molar-refractivity contribution in [1.29, 1.82) is 0 Å². The number of ether oxygens (including phenoxy) is 2. The molecular weight excluding hydrogens is 244 g/mol. The zero-order valence-electron chi connectivity index (χ0n) is 8.13. The molecule has 2 rings (SSSR count). The van der Waals surface area contributed by atoms with Gasteiger partial charge in [-0.15, -0.1) is 0 Å². The van der Waals surface area contributed by atoms with Crippen LogP contribution in [-0.4, -0.2) is 20.3 Å². The van der Waals surface area contributed by atoms with Crippen LogP contribution in [0.15, 0.2) is 22.7 Å². The van der Waals surface area contributed by atoms with Crippen LogP contribution in [-0.2, 0) is 4.74 Å². The van der Waals surface area contributed by atoms with Crippen LogP contribution < -0.4 is 4.74 Å². The van der Waals surface area contributed by atoms with Crippen molar-refractivity contribution in [2.45, 2.75) is 12.3 Å². The summed E-state index contributed by atoms with van der Waals surface area (Å²) < 4.78 is 11.9. The minimum atomic E-state index is 0.473. The lowest BCUT2D eigenvalue weighted by atomic mass is 9.94. The van der Waals surface area contributed by atoms with E-state index in [9.17, 15) is 0 Å². The third-order valence-corrected chi connectivity index (χ3v) is 3.00. The summed E-state index contributed by atoms with van der Waals surface area (Å²) in [6.07, 6.45) is 1.04. The Morgan fingerprint density at radius 1 is 1.57 bits per heavy atom. The molecule has 0 N–H and O–H groups in total. The molecule has 0 spiro atoms. The zero-order chi connectivity index (χ0) is 9.97. The second-order valence-corrected chi connectivity index (χ2v) is 4.39. The minimum absolute atomic E-state index is 0.473. The Labute approximate surface area is 92.3 Å². The number of hydrogen-bond acceptors (Lipinski definition) is 2. The maximum atomic E-state index is 5.58. The van der Waals surface area contributed by atoms with Gasteiger partial charge in [-0.3, -0.25) is 0 Å². The van der Waals surface area contributed by atoms with Crippen molar-refractivity contribution in [3.05, 3.63) is 28.2 Å². The third-order valence-electron chi connectivity index (χ3n) is 2.50. The molecule has 1 aromatic carbocycles. The molecular formula is C11H13BrO2. The smallest absolute Gasteiger partial charge is 0.122 e. The predicted molar refractivity (Wildman–Crippen MR) is 58.9 cm³/mol. The lowest BCUT2D eigenvalue weighted by molar-refractivity contribution is 0.153. The Morgan fingerprint density at radius 2 is 2.43 bits per heavy atom. The Kier molecular flexibility index (Phi) is 3.08. The van der Waals surface area contributed by atoms with Crippen molar-refractivity contribution in [3.8, 4) is 5.75 Å². The summed E-state index contributed by atoms with van der Waals surface area (Å²) in [7, 11) is 1.74. The van der Waals surface area contributed by atoms with Crippen molar-refractivity contribution in [3.63, 3.8) is 0 Å². The fourth-order valence-electron chi connectivity index (χ4n) is 1.81. The van der Waals surface area contributed by atoms with Gasteiger partial charge in [0.2, 0.25) is 0 Å². The molecule has 0 amide bonds. The molecule has 1 atom stereocenters. The second kappa shape index (κ2) is 4.32. The number of fused-ring (bicyclic) bond motifs is 1. The first-order valence-corrected chi connectivity index (χ1v) is 5.51. The predicted octanol–water partition coefficient (Wildman–Crippen LogP) is 2.96. The van der Waals surface area contributed by atoms with Crippen molar-refractivity contribution >= 4 is 15.9 Å². The number of benzene rings is 1. The van der Waals surface area contributed by atoms with Crippen LogP contribution in [0.4, 0.5) is 0 Å². The average molecular weight is 257 g/mol. The zero-order valence-corrected chi connectivity index (χ0v) is 9.71. The lowest BCUT2D eigenvalue weighted by Crippen LogP contribution is -2.17. The van der Waals surface area contributed by atoms with Gasteiger partial charge in [0.1, 0.15) is 5.75 Å². The number of rotatable bonds is 2. The Morgan fingerprint density at radius 3 is 3.21 bits per heavy atom. The molecule has 3 heteroatoms. The van der Waals surface area contributed by atoms with Crippen molar-refractivity contribution in [2.75, 3.05) is 20.3 Å². The van der Waals surface area contributed by atoms with Gasteiger partial charge in [-0.05, 0) is 24.6 Å². The van der Waals surface area contributed by atoms with E-state index in [0.29, 0.717) is 5.92 Å². The van der Waals surface area contributed by atoms with Gasteiger partial charge >= 0.3 is 0 Å². The average Bonchev–Trinajstić information content (AvgIpc) is 2.19. The molecule has 0 aromatic heterocycles. The van der Waals surface area contributed by atoms with E-state index in [1.807, 2.05) is 12.1 Å². The molecule has 14 heavy (non-hydrogen) atoms. The number of halogens is 1. The fourth-order valence-corrected chi connectivity index (χ4v) is 2.19. The first kappa shape index (κ1) is 9.99. The van der Waals surface area contributed by atoms with E-state index in [1.54, 1.807) is 7.11 Å². The van der Waals surface area contributed by atoms with Crippen LogP contribution in [0.5, 0.6) is 5.75 Å². The summed E-state index contributed by atoms with van der Waals surface area (Å²) >= 11 is 3.47. The van der Waals surface area contributed by atoms with Gasteiger partial charge in [0.05, 0.1) is 13.2 Å². The third kappa shape index (κ3) is 1.93. The van der Waals surface area contributed by atoms with Crippen LogP contribution >= 0.6 is 15.9 Å². The molecule has 1 aliphatic rings. The Bertz CT molecular complexity index is 325. The maximum absolute atomic E-state index is 5.58. The summed E-state index contributed by atoms with van der Waals surface area (Å²) in [5.41, 5.74) is 1.26. The standard InChI is InChI=1S/C11H13BrO2/c1-13-7-8-4-5-14-11-3-2-9(12)6-10(8)11/h2-3,6,8H,4-5,7H2,1H3. The minimum Gasteiger partial charge on any atom is -0.493 e. The molecule has 76 valence electrons. The Hall–Kier alpha value is -0.540. The molecule has 0 saturated carbocycles. The highest BCUT2D eigenvalue weighted by Gasteiger charge is 2.21. The molecule has 1 heterocycles. The van der Waals surface area contributed by atoms with Gasteiger partial charge in [0.15, 0.2) is 0 Å². The van der Waals surface area contributed by atoms with E-state index in [0.717, 1.165) is 29.9 Å². The van der Waals surface area contributed by atoms with Crippen LogP contribution in [0, 0.1) is 0 Å². The van der Waals surface area contributed by atoms with E-state index in [-0.39, 0.29) is 0 Å². The van der Waals surface area contributed by atoms with E-state index in [2.05, 4.69) is 22.0 Å². The van der Waals surface area contributed by atoms with Crippen molar-refractivity contribution in [1.82, 2.24) is 0 Å². The maximum Gasteiger partial charge on any atom is 0.122 e. The summed E-state index contributed by atoms with van der Waals surface area (Å²) in [6, 6.07) is 6.15. The van der Waals surface area contributed by atoms with Gasteiger partial charge < -0.3 is 9.47 Å². The second-order valence-electron chi connectivity index (χ2n) is 3.47. The highest BCUT2D eigenvalue weighted by Crippen LogP contribution is 2.35. The number of methoxy groups -OCH3 is 1. The van der Waals surface area contributed by atoms with Crippen LogP contribution in [0.1, 0.15) is 17.9 Å². The molecule has 0 fully saturated rings. The monoisotopic (exact) mass is 256 g/mol. The van der Waals surface area contributed by atoms with Crippen molar-refractivity contribution < 1.29 is 9.47 Å². The van der Waals surface area contributed by atoms with Gasteiger partial charge in [-0.25, -0.2) is 0 Å². The van der Waals surface area contributed by atoms with Crippen LogP contribution in [0.2, 0.25) is 0 Å². The fraction of sp³-hybridized carbons (Fsp3) is 0.455. The summed E-state index contributed by atoms with van der Waals surface area (Å²) in [5, 5.41) is 0. The molecule has 1 aromatic rings. The van der Waals surface area contributed by atoms with E-state index >= 15 is 0 Å². The summed E-state index contributed by atoms with van der Waals surface area (Å²) in [4.78, 5) is 0. The molecule has 0 radical (unpaired) electrons. The highest BCUT2D eigenvalue weighted by molar-refractivity contribution is 9.10. The van der Waals surface area contributed by atoms with E-state index in [4.69, 9.17) is 9.47 Å². The topological polar surface area (TPSA) is 18.5 Å². The quantitative estimate of drug-likeness (QED) is 0.810. The van der Waals surface area contributed by atoms with E-state index < -0.39 is 0 Å². The largest absolute Gasteiger partial charge is 0.493 e. The molecule has 0 aliphatic carbocycles.